The molecule has 0 saturated carbocycles. The van der Waals surface area contributed by atoms with Gasteiger partial charge in [-0.25, -0.2) is 8.78 Å². The van der Waals surface area contributed by atoms with Crippen LogP contribution in [0.15, 0.2) is 48.5 Å². The number of hydrogen-bond acceptors (Lipinski definition) is 2. The average molecular weight is 576 g/mol. The molecule has 218 valence electrons. The van der Waals surface area contributed by atoms with Crippen LogP contribution in [0.4, 0.5) is 35.1 Å². The van der Waals surface area contributed by atoms with E-state index in [9.17, 15) is 36.2 Å². The highest BCUT2D eigenvalue weighted by atomic mass is 19.4. The maximum absolute atomic E-state index is 15.1. The number of piperidine rings is 1. The van der Waals surface area contributed by atoms with Crippen LogP contribution >= 0.6 is 0 Å². The molecule has 3 rings (SSSR count). The van der Waals surface area contributed by atoms with E-state index in [4.69, 9.17) is 0 Å². The lowest BCUT2D eigenvalue weighted by Gasteiger charge is -2.46. The van der Waals surface area contributed by atoms with Crippen LogP contribution in [0, 0.1) is 29.1 Å². The first-order valence-electron chi connectivity index (χ1n) is 12.5. The number of nitrogens with zero attached hydrogens (tertiary/aromatic N) is 1. The molecule has 40 heavy (non-hydrogen) atoms. The van der Waals surface area contributed by atoms with Crippen molar-refractivity contribution >= 4 is 5.97 Å². The van der Waals surface area contributed by atoms with Crippen molar-refractivity contribution in [3.63, 3.8) is 0 Å². The molecule has 1 fully saturated rings. The van der Waals surface area contributed by atoms with Crippen LogP contribution in [-0.2, 0) is 23.6 Å². The fourth-order valence-electron chi connectivity index (χ4n) is 5.06. The standard InChI is InChI=1S/C29H29F8NO2/c1-18(25(39)40)23-24(20-7-11-22(12-8-20)29(35,36)37)38(16-14-27(23,30)31)15-4-13-26(2,3)17-19-5-9-21(10-6-19)28(32,33)34/h5-12,18,23-24H,14-17H2,1-3H3,(H,39,40). The fraction of sp³-hybridized carbons (Fsp3) is 0.483. The maximum Gasteiger partial charge on any atom is 0.416 e. The zero-order valence-electron chi connectivity index (χ0n) is 22.0. The van der Waals surface area contributed by atoms with Crippen molar-refractivity contribution in [1.82, 2.24) is 4.90 Å². The van der Waals surface area contributed by atoms with Gasteiger partial charge in [0, 0.05) is 24.4 Å². The van der Waals surface area contributed by atoms with Gasteiger partial charge in [0.15, 0.2) is 0 Å². The Balaban J connectivity index is 1.88. The molecule has 1 saturated heterocycles. The van der Waals surface area contributed by atoms with Crippen molar-refractivity contribution in [1.29, 1.82) is 0 Å². The van der Waals surface area contributed by atoms with Crippen molar-refractivity contribution in [2.24, 2.45) is 17.3 Å². The summed E-state index contributed by atoms with van der Waals surface area (Å²) in [4.78, 5) is 13.3. The summed E-state index contributed by atoms with van der Waals surface area (Å²) < 4.78 is 108. The third-order valence-corrected chi connectivity index (χ3v) is 7.10. The molecule has 0 amide bonds. The second-order valence-electron chi connectivity index (χ2n) is 10.8. The normalized spacial score (nSPS) is 20.9. The van der Waals surface area contributed by atoms with Gasteiger partial charge < -0.3 is 5.11 Å². The zero-order chi connectivity index (χ0) is 30.1. The molecule has 0 bridgehead atoms. The highest BCUT2D eigenvalue weighted by molar-refractivity contribution is 5.70. The molecular weight excluding hydrogens is 546 g/mol. The molecular formula is C29H29F8NO2. The van der Waals surface area contributed by atoms with Crippen LogP contribution in [-0.4, -0.2) is 35.0 Å². The van der Waals surface area contributed by atoms with Crippen molar-refractivity contribution in [3.05, 3.63) is 70.8 Å². The Labute approximate surface area is 227 Å². The van der Waals surface area contributed by atoms with Crippen LogP contribution in [0.3, 0.4) is 0 Å². The number of likely N-dealkylation sites (tertiary alicyclic amines) is 1. The van der Waals surface area contributed by atoms with E-state index in [1.807, 2.05) is 0 Å². The number of benzene rings is 2. The predicted molar refractivity (Wildman–Crippen MR) is 132 cm³/mol. The summed E-state index contributed by atoms with van der Waals surface area (Å²) in [5.74, 6) is -2.13. The number of carbonyl (C=O) groups is 1. The van der Waals surface area contributed by atoms with Gasteiger partial charge >= 0.3 is 18.3 Å². The van der Waals surface area contributed by atoms with E-state index in [1.165, 1.54) is 12.1 Å². The van der Waals surface area contributed by atoms with Gasteiger partial charge in [0.25, 0.3) is 5.92 Å². The average Bonchev–Trinajstić information content (AvgIpc) is 2.83. The minimum Gasteiger partial charge on any atom is -0.481 e. The lowest BCUT2D eigenvalue weighted by atomic mass is 9.74. The summed E-state index contributed by atoms with van der Waals surface area (Å²) >= 11 is 0. The van der Waals surface area contributed by atoms with E-state index in [0.717, 1.165) is 43.3 Å². The monoisotopic (exact) mass is 575 g/mol. The first kappa shape index (κ1) is 31.4. The molecule has 3 unspecified atom stereocenters. The summed E-state index contributed by atoms with van der Waals surface area (Å²) in [6.07, 6.45) is -9.44. The summed E-state index contributed by atoms with van der Waals surface area (Å²) in [6, 6.07) is 7.19. The van der Waals surface area contributed by atoms with E-state index in [-0.39, 0.29) is 18.7 Å². The highest BCUT2D eigenvalue weighted by Crippen LogP contribution is 2.49. The van der Waals surface area contributed by atoms with Crippen molar-refractivity contribution in [2.45, 2.75) is 57.9 Å². The fourth-order valence-corrected chi connectivity index (χ4v) is 5.06. The second kappa shape index (κ2) is 11.4. The molecule has 3 nitrogen and oxygen atoms in total. The van der Waals surface area contributed by atoms with Crippen LogP contribution < -0.4 is 0 Å². The molecule has 11 heteroatoms. The van der Waals surface area contributed by atoms with Crippen LogP contribution in [0.25, 0.3) is 0 Å². The van der Waals surface area contributed by atoms with Gasteiger partial charge in [0.1, 0.15) is 0 Å². The molecule has 3 atom stereocenters. The summed E-state index contributed by atoms with van der Waals surface area (Å²) in [6.45, 7) is 4.45. The molecule has 0 radical (unpaired) electrons. The SMILES string of the molecule is CC(C(=O)O)C1C(c2ccc(C(F)(F)F)cc2)N(CC#CC(C)(C)Cc2ccc(C(F)(F)F)cc2)CCC1(F)F. The summed E-state index contributed by atoms with van der Waals surface area (Å²) in [7, 11) is 0. The van der Waals surface area contributed by atoms with E-state index < -0.39 is 65.1 Å². The minimum atomic E-state index is -4.63. The van der Waals surface area contributed by atoms with Gasteiger partial charge in [-0.15, -0.1) is 0 Å². The lowest BCUT2D eigenvalue weighted by Crippen LogP contribution is -2.52. The number of hydrogen-bond donors (Lipinski definition) is 1. The third-order valence-electron chi connectivity index (χ3n) is 7.10. The molecule has 1 N–H and O–H groups in total. The lowest BCUT2D eigenvalue weighted by molar-refractivity contribution is -0.171. The first-order chi connectivity index (χ1) is 18.3. The Morgan fingerprint density at radius 3 is 1.95 bits per heavy atom. The Hall–Kier alpha value is -3.13. The number of aliphatic carboxylic acids is 1. The highest BCUT2D eigenvalue weighted by Gasteiger charge is 2.54. The predicted octanol–water partition coefficient (Wildman–Crippen LogP) is 7.72. The second-order valence-corrected chi connectivity index (χ2v) is 10.8. The van der Waals surface area contributed by atoms with Gasteiger partial charge in [-0.2, -0.15) is 26.3 Å². The van der Waals surface area contributed by atoms with Gasteiger partial charge in [-0.05, 0) is 55.7 Å². The van der Waals surface area contributed by atoms with Crippen molar-refractivity contribution < 1.29 is 45.0 Å². The molecule has 1 heterocycles. The first-order valence-corrected chi connectivity index (χ1v) is 12.5. The molecule has 1 aliphatic heterocycles. The van der Waals surface area contributed by atoms with E-state index in [1.54, 1.807) is 18.7 Å². The Kier molecular flexibility index (Phi) is 8.94. The quantitative estimate of drug-likeness (QED) is 0.283. The molecule has 0 spiro atoms. The smallest absolute Gasteiger partial charge is 0.416 e. The Morgan fingerprint density at radius 2 is 1.48 bits per heavy atom. The molecule has 0 aromatic heterocycles. The number of carboxylic acid groups (broad SMARTS) is 1. The topological polar surface area (TPSA) is 40.5 Å². The number of halogens is 8. The Morgan fingerprint density at radius 1 is 0.975 bits per heavy atom. The third kappa shape index (κ3) is 7.53. The van der Waals surface area contributed by atoms with E-state index in [2.05, 4.69) is 11.8 Å². The summed E-state index contributed by atoms with van der Waals surface area (Å²) in [5, 5.41) is 9.56. The number of carboxylic acids is 1. The molecule has 1 aliphatic rings. The summed E-state index contributed by atoms with van der Waals surface area (Å²) in [5.41, 5.74) is -1.71. The Bertz CT molecular complexity index is 1240. The molecule has 2 aromatic carbocycles. The van der Waals surface area contributed by atoms with Crippen LogP contribution in [0.2, 0.25) is 0 Å². The number of rotatable bonds is 6. The van der Waals surface area contributed by atoms with Gasteiger partial charge in [0.05, 0.1) is 29.5 Å². The molecule has 2 aromatic rings. The van der Waals surface area contributed by atoms with Crippen LogP contribution in [0.1, 0.15) is 55.5 Å². The van der Waals surface area contributed by atoms with Crippen LogP contribution in [0.5, 0.6) is 0 Å². The van der Waals surface area contributed by atoms with Gasteiger partial charge in [0.2, 0.25) is 0 Å². The van der Waals surface area contributed by atoms with Crippen molar-refractivity contribution in [2.75, 3.05) is 13.1 Å². The number of alkyl halides is 8. The largest absolute Gasteiger partial charge is 0.481 e. The van der Waals surface area contributed by atoms with E-state index in [0.29, 0.717) is 12.0 Å². The minimum absolute atomic E-state index is 0.0684. The van der Waals surface area contributed by atoms with Crippen molar-refractivity contribution in [3.8, 4) is 11.8 Å². The zero-order valence-corrected chi connectivity index (χ0v) is 22.0. The molecule has 0 aliphatic carbocycles. The van der Waals surface area contributed by atoms with Gasteiger partial charge in [-0.3, -0.25) is 9.69 Å². The van der Waals surface area contributed by atoms with Gasteiger partial charge in [-0.1, -0.05) is 43.0 Å². The van der Waals surface area contributed by atoms with E-state index >= 15 is 8.78 Å². The maximum atomic E-state index is 15.1.